The average Bonchev–Trinajstić information content (AvgIpc) is 3.35. The van der Waals surface area contributed by atoms with Crippen molar-refractivity contribution in [1.82, 2.24) is 24.7 Å². The molecular formula is C26H19ClFN7O. The van der Waals surface area contributed by atoms with Crippen LogP contribution in [0.5, 0.6) is 0 Å². The number of fused-ring (bicyclic) bond motifs is 2. The zero-order chi connectivity index (χ0) is 25.0. The Morgan fingerprint density at radius 3 is 2.67 bits per heavy atom. The van der Waals surface area contributed by atoms with Crippen molar-refractivity contribution in [1.29, 1.82) is 0 Å². The van der Waals surface area contributed by atoms with Crippen LogP contribution in [0, 0.1) is 5.82 Å². The topological polar surface area (TPSA) is 112 Å². The van der Waals surface area contributed by atoms with Gasteiger partial charge in [0.1, 0.15) is 22.9 Å². The summed E-state index contributed by atoms with van der Waals surface area (Å²) in [7, 11) is 0. The number of nitrogen functional groups attached to an aromatic ring is 1. The van der Waals surface area contributed by atoms with Crippen molar-refractivity contribution in [3.63, 3.8) is 0 Å². The van der Waals surface area contributed by atoms with Crippen molar-refractivity contribution in [2.24, 2.45) is 0 Å². The molecule has 1 unspecified atom stereocenters. The van der Waals surface area contributed by atoms with Crippen LogP contribution in [0.4, 0.5) is 16.0 Å². The maximum atomic E-state index is 14.4. The van der Waals surface area contributed by atoms with Gasteiger partial charge in [-0.3, -0.25) is 9.78 Å². The van der Waals surface area contributed by atoms with E-state index in [1.807, 2.05) is 0 Å². The van der Waals surface area contributed by atoms with Gasteiger partial charge in [-0.05, 0) is 54.4 Å². The third-order valence-corrected chi connectivity index (χ3v) is 6.83. The van der Waals surface area contributed by atoms with Crippen LogP contribution < -0.4 is 11.1 Å². The first kappa shape index (κ1) is 22.1. The van der Waals surface area contributed by atoms with Crippen molar-refractivity contribution in [3.8, 4) is 5.95 Å². The molecule has 0 aliphatic carbocycles. The molecule has 3 aromatic heterocycles. The minimum atomic E-state index is -1.07. The maximum Gasteiger partial charge on any atom is 0.255 e. The van der Waals surface area contributed by atoms with Gasteiger partial charge in [-0.2, -0.15) is 19.7 Å². The molecule has 0 saturated heterocycles. The standard InChI is InChI=1S/C26H19ClFN7O/c1-26(15-8-10-30-11-9-15)21-22(29)31-25(33-23(21)32-24(26)36)35-20-7-6-16(27)13-17(20)19(34-35)12-14-4-2-3-5-18(14)28/h2-11,13H,12H2,1H3,(H3,29,31,32,33,36). The van der Waals surface area contributed by atoms with Crippen LogP contribution in [0.2, 0.25) is 5.02 Å². The minimum absolute atomic E-state index is 0.154. The first-order valence-electron chi connectivity index (χ1n) is 11.2. The lowest BCUT2D eigenvalue weighted by atomic mass is 9.78. The lowest BCUT2D eigenvalue weighted by molar-refractivity contribution is -0.119. The number of nitrogens with zero attached hydrogens (tertiary/aromatic N) is 5. The molecule has 6 rings (SSSR count). The summed E-state index contributed by atoms with van der Waals surface area (Å²) >= 11 is 6.27. The lowest BCUT2D eigenvalue weighted by Crippen LogP contribution is -2.33. The summed E-state index contributed by atoms with van der Waals surface area (Å²) in [5, 5.41) is 8.81. The summed E-state index contributed by atoms with van der Waals surface area (Å²) in [5.74, 6) is 0.0613. The molecule has 0 radical (unpaired) electrons. The van der Waals surface area contributed by atoms with Crippen molar-refractivity contribution in [2.75, 3.05) is 11.1 Å². The number of amides is 1. The molecule has 2 aromatic carbocycles. The second-order valence-corrected chi connectivity index (χ2v) is 9.17. The molecule has 1 amide bonds. The first-order valence-corrected chi connectivity index (χ1v) is 11.5. The third-order valence-electron chi connectivity index (χ3n) is 6.59. The Balaban J connectivity index is 1.51. The lowest BCUT2D eigenvalue weighted by Gasteiger charge is -2.23. The molecule has 8 nitrogen and oxygen atoms in total. The molecular weight excluding hydrogens is 481 g/mol. The van der Waals surface area contributed by atoms with Crippen molar-refractivity contribution < 1.29 is 9.18 Å². The average molecular weight is 500 g/mol. The van der Waals surface area contributed by atoms with E-state index >= 15 is 0 Å². The maximum absolute atomic E-state index is 14.4. The van der Waals surface area contributed by atoms with Crippen LogP contribution in [0.25, 0.3) is 16.9 Å². The van der Waals surface area contributed by atoms with Crippen molar-refractivity contribution >= 4 is 40.0 Å². The number of anilines is 2. The number of aromatic nitrogens is 5. The molecule has 178 valence electrons. The molecule has 4 heterocycles. The van der Waals surface area contributed by atoms with E-state index in [9.17, 15) is 9.18 Å². The molecule has 1 aliphatic heterocycles. The third kappa shape index (κ3) is 3.31. The Hall–Kier alpha value is -4.37. The molecule has 10 heteroatoms. The van der Waals surface area contributed by atoms with Crippen LogP contribution in [-0.4, -0.2) is 30.6 Å². The Bertz CT molecular complexity index is 1670. The van der Waals surface area contributed by atoms with Gasteiger partial charge in [-0.1, -0.05) is 29.8 Å². The quantitative estimate of drug-likeness (QED) is 0.378. The van der Waals surface area contributed by atoms with Gasteiger partial charge >= 0.3 is 0 Å². The number of halogens is 2. The number of rotatable bonds is 4. The van der Waals surface area contributed by atoms with E-state index in [4.69, 9.17) is 22.4 Å². The van der Waals surface area contributed by atoms with E-state index in [1.54, 1.807) is 67.8 Å². The number of nitrogens with two attached hydrogens (primary N) is 1. The van der Waals surface area contributed by atoms with Crippen LogP contribution in [-0.2, 0) is 16.6 Å². The van der Waals surface area contributed by atoms with Gasteiger partial charge in [0.25, 0.3) is 5.95 Å². The van der Waals surface area contributed by atoms with Gasteiger partial charge in [0.2, 0.25) is 5.91 Å². The summed E-state index contributed by atoms with van der Waals surface area (Å²) in [6.07, 6.45) is 3.48. The first-order chi connectivity index (χ1) is 17.4. The minimum Gasteiger partial charge on any atom is -0.383 e. The molecule has 0 fully saturated rings. The Labute approximate surface area is 210 Å². The molecule has 1 aliphatic rings. The van der Waals surface area contributed by atoms with Gasteiger partial charge in [0, 0.05) is 29.2 Å². The highest BCUT2D eigenvalue weighted by Crippen LogP contribution is 2.44. The van der Waals surface area contributed by atoms with Gasteiger partial charge in [-0.15, -0.1) is 0 Å². The van der Waals surface area contributed by atoms with Crippen LogP contribution in [0.15, 0.2) is 67.0 Å². The predicted octanol–water partition coefficient (Wildman–Crippen LogP) is 4.43. The number of carbonyl (C=O) groups excluding carboxylic acids is 1. The Kier molecular flexibility index (Phi) is 4.97. The largest absolute Gasteiger partial charge is 0.383 e. The van der Waals surface area contributed by atoms with Crippen LogP contribution >= 0.6 is 11.6 Å². The molecule has 1 atom stereocenters. The number of carbonyl (C=O) groups is 1. The summed E-state index contributed by atoms with van der Waals surface area (Å²) in [4.78, 5) is 26.3. The fraction of sp³-hybridized carbons (Fsp3) is 0.115. The summed E-state index contributed by atoms with van der Waals surface area (Å²) in [6, 6.07) is 15.4. The second kappa shape index (κ2) is 8.10. The molecule has 36 heavy (non-hydrogen) atoms. The van der Waals surface area contributed by atoms with Crippen molar-refractivity contribution in [2.45, 2.75) is 18.8 Å². The fourth-order valence-corrected chi connectivity index (χ4v) is 4.88. The Morgan fingerprint density at radius 1 is 1.11 bits per heavy atom. The molecule has 3 N–H and O–H groups in total. The highest BCUT2D eigenvalue weighted by molar-refractivity contribution is 6.31. The van der Waals surface area contributed by atoms with E-state index in [2.05, 4.69) is 20.3 Å². The number of nitrogens with one attached hydrogen (secondary N) is 1. The van der Waals surface area contributed by atoms with E-state index in [0.717, 1.165) is 10.9 Å². The number of benzene rings is 2. The number of hydrogen-bond acceptors (Lipinski definition) is 6. The number of pyridine rings is 1. The van der Waals surface area contributed by atoms with E-state index in [-0.39, 0.29) is 29.9 Å². The van der Waals surface area contributed by atoms with E-state index in [0.29, 0.717) is 33.2 Å². The van der Waals surface area contributed by atoms with E-state index in [1.165, 1.54) is 10.7 Å². The molecule has 0 saturated carbocycles. The predicted molar refractivity (Wildman–Crippen MR) is 135 cm³/mol. The zero-order valence-corrected chi connectivity index (χ0v) is 19.8. The zero-order valence-electron chi connectivity index (χ0n) is 19.0. The Morgan fingerprint density at radius 2 is 1.89 bits per heavy atom. The van der Waals surface area contributed by atoms with Gasteiger partial charge in [-0.25, -0.2) is 4.39 Å². The fourth-order valence-electron chi connectivity index (χ4n) is 4.71. The smallest absolute Gasteiger partial charge is 0.255 e. The molecule has 5 aromatic rings. The van der Waals surface area contributed by atoms with Gasteiger partial charge in [0.15, 0.2) is 0 Å². The van der Waals surface area contributed by atoms with Crippen molar-refractivity contribution in [3.05, 3.63) is 100 Å². The highest BCUT2D eigenvalue weighted by atomic mass is 35.5. The summed E-state index contributed by atoms with van der Waals surface area (Å²) in [5.41, 5.74) is 8.35. The number of hydrogen-bond donors (Lipinski definition) is 2. The van der Waals surface area contributed by atoms with Gasteiger partial charge in [0.05, 0.1) is 16.8 Å². The summed E-state index contributed by atoms with van der Waals surface area (Å²) in [6.45, 7) is 1.78. The summed E-state index contributed by atoms with van der Waals surface area (Å²) < 4.78 is 15.9. The molecule has 0 spiro atoms. The van der Waals surface area contributed by atoms with Gasteiger partial charge < -0.3 is 11.1 Å². The van der Waals surface area contributed by atoms with Crippen LogP contribution in [0.3, 0.4) is 0 Å². The molecule has 0 bridgehead atoms. The normalized spacial score (nSPS) is 16.8. The van der Waals surface area contributed by atoms with Crippen LogP contribution in [0.1, 0.15) is 29.3 Å². The second-order valence-electron chi connectivity index (χ2n) is 8.74. The van der Waals surface area contributed by atoms with E-state index < -0.39 is 5.41 Å². The SMILES string of the molecule is CC1(c2ccncc2)C(=O)Nc2nc(-n3nc(Cc4ccccc4F)c4cc(Cl)ccc43)nc(N)c21. The highest BCUT2D eigenvalue weighted by Gasteiger charge is 2.47. The monoisotopic (exact) mass is 499 g/mol.